The van der Waals surface area contributed by atoms with Crippen LogP contribution < -0.4 is 5.56 Å². The Hall–Kier alpha value is -3.62. The highest BCUT2D eigenvalue weighted by molar-refractivity contribution is 5.83. The fourth-order valence-electron chi connectivity index (χ4n) is 3.48. The number of carbonyl (C=O) groups excluding carboxylic acids is 1. The van der Waals surface area contributed by atoms with Crippen molar-refractivity contribution in [2.75, 3.05) is 0 Å². The first-order valence-corrected chi connectivity index (χ1v) is 9.27. The molecule has 2 aromatic carbocycles. The van der Waals surface area contributed by atoms with Gasteiger partial charge in [-0.25, -0.2) is 9.67 Å². The molecule has 0 bridgehead atoms. The van der Waals surface area contributed by atoms with Gasteiger partial charge in [0.05, 0.1) is 22.1 Å². The third-order valence-corrected chi connectivity index (χ3v) is 4.82. The predicted octanol–water partition coefficient (Wildman–Crippen LogP) is 3.75. The number of fused-ring (bicyclic) bond motifs is 2. The second-order valence-corrected chi connectivity index (χ2v) is 6.83. The van der Waals surface area contributed by atoms with Crippen LogP contribution in [0.25, 0.3) is 21.8 Å². The highest BCUT2D eigenvalue weighted by Crippen LogP contribution is 2.28. The van der Waals surface area contributed by atoms with Gasteiger partial charge in [0.15, 0.2) is 11.9 Å². The Kier molecular flexibility index (Phi) is 5.03. The van der Waals surface area contributed by atoms with Crippen molar-refractivity contribution < 1.29 is 18.3 Å². The minimum Gasteiger partial charge on any atom is -0.453 e. The van der Waals surface area contributed by atoms with Crippen molar-refractivity contribution in [3.63, 3.8) is 0 Å². The molecule has 0 aliphatic carbocycles. The van der Waals surface area contributed by atoms with E-state index in [1.165, 1.54) is 13.0 Å². The lowest BCUT2D eigenvalue weighted by Crippen LogP contribution is -2.29. The third-order valence-electron chi connectivity index (χ3n) is 4.82. The van der Waals surface area contributed by atoms with Crippen LogP contribution in [-0.2, 0) is 16.1 Å². The van der Waals surface area contributed by atoms with Gasteiger partial charge in [-0.15, -0.1) is 0 Å². The molecule has 4 aromatic rings. The third kappa shape index (κ3) is 3.42. The van der Waals surface area contributed by atoms with Crippen LogP contribution in [0.5, 0.6) is 0 Å². The molecule has 0 N–H and O–H groups in total. The maximum atomic E-state index is 13.6. The maximum Gasteiger partial charge on any atom is 0.328 e. The first-order chi connectivity index (χ1) is 14.4. The summed E-state index contributed by atoms with van der Waals surface area (Å²) in [5.74, 6) is -0.853. The molecule has 4 rings (SSSR count). The van der Waals surface area contributed by atoms with Crippen LogP contribution in [0, 0.1) is 6.92 Å². The van der Waals surface area contributed by atoms with Crippen LogP contribution in [0.15, 0.2) is 53.3 Å². The van der Waals surface area contributed by atoms with E-state index in [2.05, 4.69) is 10.1 Å². The number of ether oxygens (including phenoxy) is 1. The zero-order valence-corrected chi connectivity index (χ0v) is 16.3. The van der Waals surface area contributed by atoms with Crippen molar-refractivity contribution in [2.24, 2.45) is 0 Å². The van der Waals surface area contributed by atoms with Gasteiger partial charge in [-0.1, -0.05) is 30.3 Å². The number of hydrogen-bond acceptors (Lipinski definition) is 5. The SMILES string of the molecule is Cc1nn(CC(=O)OC(C)c2nc3ccccc3n2C(F)F)c(=O)c2ccccc12. The number of aryl methyl sites for hydroxylation is 1. The van der Waals surface area contributed by atoms with E-state index in [-0.39, 0.29) is 11.3 Å². The van der Waals surface area contributed by atoms with Gasteiger partial charge in [-0.05, 0) is 32.0 Å². The van der Waals surface area contributed by atoms with Crippen molar-refractivity contribution in [2.45, 2.75) is 33.0 Å². The molecule has 0 spiro atoms. The summed E-state index contributed by atoms with van der Waals surface area (Å²) >= 11 is 0. The topological polar surface area (TPSA) is 79.0 Å². The van der Waals surface area contributed by atoms with Crippen LogP contribution in [-0.4, -0.2) is 25.3 Å². The number of nitrogens with zero attached hydrogens (tertiary/aromatic N) is 4. The number of alkyl halides is 2. The summed E-state index contributed by atoms with van der Waals surface area (Å²) in [7, 11) is 0. The summed E-state index contributed by atoms with van der Waals surface area (Å²) in [5.41, 5.74) is 0.776. The van der Waals surface area contributed by atoms with Gasteiger partial charge in [0, 0.05) is 5.39 Å². The Morgan fingerprint density at radius 1 is 1.10 bits per heavy atom. The minimum atomic E-state index is -2.85. The molecule has 9 heteroatoms. The summed E-state index contributed by atoms with van der Waals surface area (Å²) in [4.78, 5) is 29.2. The van der Waals surface area contributed by atoms with Crippen LogP contribution in [0.4, 0.5) is 8.78 Å². The number of benzene rings is 2. The van der Waals surface area contributed by atoms with Crippen LogP contribution in [0.2, 0.25) is 0 Å². The van der Waals surface area contributed by atoms with Crippen molar-refractivity contribution in [1.82, 2.24) is 19.3 Å². The van der Waals surface area contributed by atoms with E-state index < -0.39 is 30.7 Å². The van der Waals surface area contributed by atoms with Gasteiger partial charge in [0.1, 0.15) is 6.54 Å². The number of aromatic nitrogens is 4. The summed E-state index contributed by atoms with van der Waals surface area (Å²) in [6.45, 7) is -0.0955. The molecule has 0 saturated carbocycles. The second-order valence-electron chi connectivity index (χ2n) is 6.83. The van der Waals surface area contributed by atoms with E-state index >= 15 is 0 Å². The molecule has 2 aromatic heterocycles. The Balaban J connectivity index is 1.60. The zero-order valence-electron chi connectivity index (χ0n) is 16.3. The quantitative estimate of drug-likeness (QED) is 0.467. The largest absolute Gasteiger partial charge is 0.453 e. The predicted molar refractivity (Wildman–Crippen MR) is 106 cm³/mol. The summed E-state index contributed by atoms with van der Waals surface area (Å²) in [6, 6.07) is 13.4. The number of halogens is 2. The lowest BCUT2D eigenvalue weighted by Gasteiger charge is -2.15. The van der Waals surface area contributed by atoms with Crippen molar-refractivity contribution in [3.8, 4) is 0 Å². The standard InChI is InChI=1S/C21H18F2N4O3/c1-12-14-7-3-4-8-15(14)20(29)26(25-12)11-18(28)30-13(2)19-24-16-9-5-6-10-17(16)27(19)21(22)23/h3-10,13,21H,11H2,1-2H3. The number of rotatable bonds is 5. The molecule has 1 unspecified atom stereocenters. The number of carbonyl (C=O) groups is 1. The second kappa shape index (κ2) is 7.66. The molecule has 0 saturated heterocycles. The van der Waals surface area contributed by atoms with E-state index in [9.17, 15) is 18.4 Å². The smallest absolute Gasteiger partial charge is 0.328 e. The highest BCUT2D eigenvalue weighted by atomic mass is 19.3. The molecule has 7 nitrogen and oxygen atoms in total. The fraction of sp³-hybridized carbons (Fsp3) is 0.238. The van der Waals surface area contributed by atoms with Gasteiger partial charge >= 0.3 is 12.5 Å². The monoisotopic (exact) mass is 412 g/mol. The van der Waals surface area contributed by atoms with Gasteiger partial charge in [-0.2, -0.15) is 13.9 Å². The molecule has 0 aliphatic heterocycles. The van der Waals surface area contributed by atoms with Crippen molar-refractivity contribution in [1.29, 1.82) is 0 Å². The minimum absolute atomic E-state index is 0.0745. The lowest BCUT2D eigenvalue weighted by atomic mass is 10.1. The maximum absolute atomic E-state index is 13.6. The van der Waals surface area contributed by atoms with E-state index in [0.29, 0.717) is 22.0 Å². The highest BCUT2D eigenvalue weighted by Gasteiger charge is 2.24. The summed E-state index contributed by atoms with van der Waals surface area (Å²) < 4.78 is 34.3. The van der Waals surface area contributed by atoms with Gasteiger partial charge in [-0.3, -0.25) is 14.2 Å². The van der Waals surface area contributed by atoms with Crippen LogP contribution in [0.1, 0.15) is 31.1 Å². The molecule has 30 heavy (non-hydrogen) atoms. The molecule has 0 radical (unpaired) electrons. The lowest BCUT2D eigenvalue weighted by molar-refractivity contribution is -0.150. The Morgan fingerprint density at radius 3 is 2.50 bits per heavy atom. The molecule has 0 fully saturated rings. The van der Waals surface area contributed by atoms with E-state index in [1.807, 2.05) is 0 Å². The Morgan fingerprint density at radius 2 is 1.77 bits per heavy atom. The molecular weight excluding hydrogens is 394 g/mol. The van der Waals surface area contributed by atoms with Gasteiger partial charge < -0.3 is 4.74 Å². The van der Waals surface area contributed by atoms with Crippen molar-refractivity contribution >= 4 is 27.8 Å². The van der Waals surface area contributed by atoms with E-state index in [1.54, 1.807) is 49.4 Å². The van der Waals surface area contributed by atoms with Crippen LogP contribution in [0.3, 0.4) is 0 Å². The van der Waals surface area contributed by atoms with Gasteiger partial charge in [0.25, 0.3) is 5.56 Å². The van der Waals surface area contributed by atoms with E-state index in [4.69, 9.17) is 4.74 Å². The first kappa shape index (κ1) is 19.7. The average molecular weight is 412 g/mol. The first-order valence-electron chi connectivity index (χ1n) is 9.27. The average Bonchev–Trinajstić information content (AvgIpc) is 3.12. The number of para-hydroxylation sites is 2. The number of esters is 1. The van der Waals surface area contributed by atoms with Crippen LogP contribution >= 0.6 is 0 Å². The molecule has 0 aliphatic rings. The molecule has 1 atom stereocenters. The summed E-state index contributed by atoms with van der Waals surface area (Å²) in [5, 5.41) is 5.30. The van der Waals surface area contributed by atoms with Gasteiger partial charge in [0.2, 0.25) is 0 Å². The van der Waals surface area contributed by atoms with E-state index in [0.717, 1.165) is 9.25 Å². The Labute approximate surface area is 169 Å². The number of imidazole rings is 1. The fourth-order valence-corrected chi connectivity index (χ4v) is 3.48. The molecular formula is C21H18F2N4O3. The molecule has 0 amide bonds. The zero-order chi connectivity index (χ0) is 21.4. The van der Waals surface area contributed by atoms with Crippen molar-refractivity contribution in [3.05, 3.63) is 70.4 Å². The molecule has 2 heterocycles. The summed E-state index contributed by atoms with van der Waals surface area (Å²) in [6.07, 6.45) is -1.05. The number of hydrogen-bond donors (Lipinski definition) is 0. The normalized spacial score (nSPS) is 12.6. The molecule has 154 valence electrons. The Bertz CT molecular complexity index is 1310.